The SMILES string of the molecule is CC(C)=C(C)C#Cc1ccccc1. The van der Waals surface area contributed by atoms with Crippen molar-refractivity contribution in [1.82, 2.24) is 0 Å². The molecule has 66 valence electrons. The molecule has 0 saturated carbocycles. The highest BCUT2D eigenvalue weighted by Crippen LogP contribution is 2.01. The fraction of sp³-hybridized carbons (Fsp3) is 0.231. The second-order valence-electron chi connectivity index (χ2n) is 3.24. The molecule has 0 bridgehead atoms. The lowest BCUT2D eigenvalue weighted by molar-refractivity contribution is 1.31. The van der Waals surface area contributed by atoms with E-state index in [4.69, 9.17) is 0 Å². The molecule has 0 heteroatoms. The van der Waals surface area contributed by atoms with Gasteiger partial charge in [-0.2, -0.15) is 0 Å². The Kier molecular flexibility index (Phi) is 3.34. The molecule has 0 aromatic heterocycles. The highest BCUT2D eigenvalue weighted by molar-refractivity contribution is 5.40. The quantitative estimate of drug-likeness (QED) is 0.523. The Morgan fingerprint density at radius 3 is 2.15 bits per heavy atom. The van der Waals surface area contributed by atoms with E-state index in [0.717, 1.165) is 11.1 Å². The standard InChI is InChI=1S/C13H14/c1-11(2)12(3)9-10-13-7-5-4-6-8-13/h4-8H,1-3H3. The molecule has 0 aliphatic carbocycles. The largest absolute Gasteiger partial charge is 0.0665 e. The summed E-state index contributed by atoms with van der Waals surface area (Å²) in [7, 11) is 0. The molecule has 0 radical (unpaired) electrons. The molecule has 1 rings (SSSR count). The summed E-state index contributed by atoms with van der Waals surface area (Å²) in [5, 5.41) is 0. The summed E-state index contributed by atoms with van der Waals surface area (Å²) in [5.74, 6) is 6.25. The van der Waals surface area contributed by atoms with Crippen LogP contribution in [0.1, 0.15) is 26.3 Å². The Bertz CT molecular complexity index is 354. The van der Waals surface area contributed by atoms with Gasteiger partial charge in [-0.15, -0.1) is 0 Å². The predicted molar refractivity (Wildman–Crippen MR) is 57.4 cm³/mol. The molecule has 0 heterocycles. The normalized spacial score (nSPS) is 8.54. The molecule has 0 aliphatic rings. The lowest BCUT2D eigenvalue weighted by atomic mass is 10.1. The Morgan fingerprint density at radius 1 is 1.00 bits per heavy atom. The van der Waals surface area contributed by atoms with E-state index in [0.29, 0.717) is 0 Å². The molecule has 13 heavy (non-hydrogen) atoms. The number of hydrogen-bond acceptors (Lipinski definition) is 0. The molecule has 0 aliphatic heterocycles. The van der Waals surface area contributed by atoms with Crippen LogP contribution in [-0.2, 0) is 0 Å². The van der Waals surface area contributed by atoms with Crippen molar-refractivity contribution in [2.24, 2.45) is 0 Å². The first kappa shape index (κ1) is 9.61. The molecular formula is C13H14. The summed E-state index contributed by atoms with van der Waals surface area (Å²) >= 11 is 0. The first-order chi connectivity index (χ1) is 6.20. The van der Waals surface area contributed by atoms with Crippen molar-refractivity contribution in [3.63, 3.8) is 0 Å². The molecule has 0 amide bonds. The van der Waals surface area contributed by atoms with Crippen molar-refractivity contribution in [3.05, 3.63) is 47.0 Å². The van der Waals surface area contributed by atoms with E-state index < -0.39 is 0 Å². The first-order valence-corrected chi connectivity index (χ1v) is 4.41. The number of benzene rings is 1. The van der Waals surface area contributed by atoms with Crippen LogP contribution in [0.2, 0.25) is 0 Å². The van der Waals surface area contributed by atoms with Crippen molar-refractivity contribution < 1.29 is 0 Å². The van der Waals surface area contributed by atoms with Crippen molar-refractivity contribution in [3.8, 4) is 11.8 Å². The molecule has 0 atom stereocenters. The van der Waals surface area contributed by atoms with Gasteiger partial charge >= 0.3 is 0 Å². The third kappa shape index (κ3) is 3.17. The van der Waals surface area contributed by atoms with E-state index in [1.807, 2.05) is 37.3 Å². The number of rotatable bonds is 0. The van der Waals surface area contributed by atoms with Crippen LogP contribution in [-0.4, -0.2) is 0 Å². The Balaban J connectivity index is 2.86. The van der Waals surface area contributed by atoms with Crippen molar-refractivity contribution in [2.75, 3.05) is 0 Å². The average molecular weight is 170 g/mol. The fourth-order valence-corrected chi connectivity index (χ4v) is 0.812. The van der Waals surface area contributed by atoms with E-state index in [2.05, 4.69) is 25.7 Å². The van der Waals surface area contributed by atoms with Gasteiger partial charge in [0.2, 0.25) is 0 Å². The van der Waals surface area contributed by atoms with Gasteiger partial charge in [0.05, 0.1) is 0 Å². The lowest BCUT2D eigenvalue weighted by Crippen LogP contribution is -1.75. The molecule has 0 nitrogen and oxygen atoms in total. The van der Waals surface area contributed by atoms with Crippen LogP contribution < -0.4 is 0 Å². The fourth-order valence-electron chi connectivity index (χ4n) is 0.812. The topological polar surface area (TPSA) is 0 Å². The summed E-state index contributed by atoms with van der Waals surface area (Å²) in [5.41, 5.74) is 3.51. The monoisotopic (exact) mass is 170 g/mol. The van der Waals surface area contributed by atoms with Crippen LogP contribution in [0.25, 0.3) is 0 Å². The van der Waals surface area contributed by atoms with Crippen LogP contribution in [0.3, 0.4) is 0 Å². The second kappa shape index (κ2) is 4.52. The number of allylic oxidation sites excluding steroid dienone is 2. The summed E-state index contributed by atoms with van der Waals surface area (Å²) in [4.78, 5) is 0. The molecule has 0 unspecified atom stereocenters. The van der Waals surface area contributed by atoms with Crippen LogP contribution >= 0.6 is 0 Å². The van der Waals surface area contributed by atoms with Crippen molar-refractivity contribution in [2.45, 2.75) is 20.8 Å². The maximum absolute atomic E-state index is 3.13. The zero-order chi connectivity index (χ0) is 9.68. The first-order valence-electron chi connectivity index (χ1n) is 4.41. The molecule has 1 aromatic rings. The second-order valence-corrected chi connectivity index (χ2v) is 3.24. The summed E-state index contributed by atoms with van der Waals surface area (Å²) in [6.45, 7) is 6.20. The Hall–Kier alpha value is -1.48. The van der Waals surface area contributed by atoms with Gasteiger partial charge in [0, 0.05) is 5.56 Å². The van der Waals surface area contributed by atoms with E-state index in [1.165, 1.54) is 5.57 Å². The van der Waals surface area contributed by atoms with Gasteiger partial charge in [-0.05, 0) is 38.5 Å². The summed E-state index contributed by atoms with van der Waals surface area (Å²) in [6.07, 6.45) is 0. The predicted octanol–water partition coefficient (Wildman–Crippen LogP) is 3.39. The summed E-state index contributed by atoms with van der Waals surface area (Å²) < 4.78 is 0. The highest BCUT2D eigenvalue weighted by Gasteiger charge is 1.85. The lowest BCUT2D eigenvalue weighted by Gasteiger charge is -1.91. The third-order valence-corrected chi connectivity index (χ3v) is 1.92. The highest BCUT2D eigenvalue weighted by atomic mass is 13.9. The van der Waals surface area contributed by atoms with E-state index in [9.17, 15) is 0 Å². The molecule has 0 N–H and O–H groups in total. The van der Waals surface area contributed by atoms with E-state index in [1.54, 1.807) is 0 Å². The third-order valence-electron chi connectivity index (χ3n) is 1.92. The average Bonchev–Trinajstić information content (AvgIpc) is 2.15. The van der Waals surface area contributed by atoms with Crippen LogP contribution in [0.5, 0.6) is 0 Å². The molecular weight excluding hydrogens is 156 g/mol. The van der Waals surface area contributed by atoms with Crippen LogP contribution in [0.4, 0.5) is 0 Å². The molecule has 0 fully saturated rings. The Morgan fingerprint density at radius 2 is 1.62 bits per heavy atom. The van der Waals surface area contributed by atoms with Gasteiger partial charge in [-0.1, -0.05) is 35.6 Å². The molecule has 0 spiro atoms. The molecule has 0 saturated heterocycles. The van der Waals surface area contributed by atoms with Gasteiger partial charge in [0.1, 0.15) is 0 Å². The van der Waals surface area contributed by atoms with Gasteiger partial charge in [0.25, 0.3) is 0 Å². The Labute approximate surface area is 80.3 Å². The minimum absolute atomic E-state index is 1.07. The zero-order valence-corrected chi connectivity index (χ0v) is 8.39. The van der Waals surface area contributed by atoms with Gasteiger partial charge in [-0.25, -0.2) is 0 Å². The van der Waals surface area contributed by atoms with E-state index >= 15 is 0 Å². The maximum atomic E-state index is 3.13. The van der Waals surface area contributed by atoms with Crippen LogP contribution in [0, 0.1) is 11.8 Å². The number of hydrogen-bond donors (Lipinski definition) is 0. The zero-order valence-electron chi connectivity index (χ0n) is 8.39. The maximum Gasteiger partial charge on any atom is 0.0248 e. The van der Waals surface area contributed by atoms with Gasteiger partial charge in [-0.3, -0.25) is 0 Å². The van der Waals surface area contributed by atoms with Crippen molar-refractivity contribution in [1.29, 1.82) is 0 Å². The summed E-state index contributed by atoms with van der Waals surface area (Å²) in [6, 6.07) is 10.0. The smallest absolute Gasteiger partial charge is 0.0248 e. The van der Waals surface area contributed by atoms with E-state index in [-0.39, 0.29) is 0 Å². The molecule has 1 aromatic carbocycles. The minimum Gasteiger partial charge on any atom is -0.0665 e. The van der Waals surface area contributed by atoms with Crippen molar-refractivity contribution >= 4 is 0 Å². The van der Waals surface area contributed by atoms with Crippen LogP contribution in [0.15, 0.2) is 41.5 Å². The van der Waals surface area contributed by atoms with Gasteiger partial charge < -0.3 is 0 Å². The minimum atomic E-state index is 1.07. The van der Waals surface area contributed by atoms with Gasteiger partial charge in [0.15, 0.2) is 0 Å².